The highest BCUT2D eigenvalue weighted by molar-refractivity contribution is 7.99. The number of aromatic nitrogens is 2. The van der Waals surface area contributed by atoms with Crippen LogP contribution in [0, 0.1) is 0 Å². The second kappa shape index (κ2) is 10.2. The molecule has 0 radical (unpaired) electrons. The number of carbonyl (C=O) groups is 1. The maximum absolute atomic E-state index is 13.2. The standard InChI is InChI=1S/C25H23N3O4S/c1-31-18-12-13-21(22(14-18)32-2)26-23(29)16-33-25-27-20-11-7-6-10-19(20)24(30)28(25)15-17-8-4-3-5-9-17/h3-14H,15-16H2,1-2H3,(H,26,29). The van der Waals surface area contributed by atoms with Crippen molar-refractivity contribution in [3.63, 3.8) is 0 Å². The molecule has 4 rings (SSSR count). The molecular formula is C25H23N3O4S. The molecule has 168 valence electrons. The summed E-state index contributed by atoms with van der Waals surface area (Å²) >= 11 is 1.22. The lowest BCUT2D eigenvalue weighted by atomic mass is 10.2. The molecule has 0 saturated heterocycles. The second-order valence-corrected chi connectivity index (χ2v) is 8.13. The van der Waals surface area contributed by atoms with Crippen LogP contribution >= 0.6 is 11.8 Å². The molecule has 0 aliphatic carbocycles. The van der Waals surface area contributed by atoms with E-state index < -0.39 is 0 Å². The minimum atomic E-state index is -0.239. The van der Waals surface area contributed by atoms with Gasteiger partial charge in [-0.1, -0.05) is 54.2 Å². The number of thioether (sulfide) groups is 1. The van der Waals surface area contributed by atoms with E-state index in [2.05, 4.69) is 10.3 Å². The van der Waals surface area contributed by atoms with E-state index in [0.29, 0.717) is 39.8 Å². The van der Waals surface area contributed by atoms with Gasteiger partial charge in [-0.2, -0.15) is 0 Å². The predicted molar refractivity (Wildman–Crippen MR) is 130 cm³/mol. The first kappa shape index (κ1) is 22.4. The molecule has 0 unspecified atom stereocenters. The first-order valence-corrected chi connectivity index (χ1v) is 11.3. The molecule has 0 fully saturated rings. The molecule has 1 amide bonds. The van der Waals surface area contributed by atoms with Crippen LogP contribution in [0.5, 0.6) is 11.5 Å². The average molecular weight is 462 g/mol. The Labute approximate surface area is 195 Å². The van der Waals surface area contributed by atoms with Crippen LogP contribution in [-0.4, -0.2) is 35.4 Å². The monoisotopic (exact) mass is 461 g/mol. The van der Waals surface area contributed by atoms with Gasteiger partial charge in [0.15, 0.2) is 5.16 Å². The van der Waals surface area contributed by atoms with Crippen molar-refractivity contribution < 1.29 is 14.3 Å². The fourth-order valence-electron chi connectivity index (χ4n) is 3.38. The van der Waals surface area contributed by atoms with Gasteiger partial charge in [0.05, 0.1) is 43.1 Å². The molecule has 0 atom stereocenters. The molecule has 0 aliphatic heterocycles. The smallest absolute Gasteiger partial charge is 0.262 e. The molecule has 1 N–H and O–H groups in total. The fraction of sp³-hybridized carbons (Fsp3) is 0.160. The summed E-state index contributed by atoms with van der Waals surface area (Å²) in [7, 11) is 3.09. The summed E-state index contributed by atoms with van der Waals surface area (Å²) in [5.74, 6) is 0.966. The van der Waals surface area contributed by atoms with Crippen LogP contribution in [0.1, 0.15) is 5.56 Å². The van der Waals surface area contributed by atoms with Crippen molar-refractivity contribution in [2.45, 2.75) is 11.7 Å². The van der Waals surface area contributed by atoms with Crippen LogP contribution in [0.3, 0.4) is 0 Å². The number of carbonyl (C=O) groups excluding carboxylic acids is 1. The minimum absolute atomic E-state index is 0.0781. The van der Waals surface area contributed by atoms with Gasteiger partial charge in [0.1, 0.15) is 11.5 Å². The molecule has 1 heterocycles. The van der Waals surface area contributed by atoms with Crippen molar-refractivity contribution in [3.8, 4) is 11.5 Å². The van der Waals surface area contributed by atoms with Gasteiger partial charge in [-0.15, -0.1) is 0 Å². The molecular weight excluding hydrogens is 438 g/mol. The third-order valence-corrected chi connectivity index (χ3v) is 6.00. The number of nitrogens with one attached hydrogen (secondary N) is 1. The van der Waals surface area contributed by atoms with Crippen LogP contribution in [-0.2, 0) is 11.3 Å². The van der Waals surface area contributed by atoms with Crippen LogP contribution in [0.2, 0.25) is 0 Å². The Bertz CT molecular complexity index is 1340. The fourth-order valence-corrected chi connectivity index (χ4v) is 4.18. The van der Waals surface area contributed by atoms with Crippen LogP contribution < -0.4 is 20.3 Å². The number of benzene rings is 3. The highest BCUT2D eigenvalue weighted by Gasteiger charge is 2.15. The normalized spacial score (nSPS) is 10.7. The summed E-state index contributed by atoms with van der Waals surface area (Å²) in [6.07, 6.45) is 0. The molecule has 0 aliphatic rings. The van der Waals surface area contributed by atoms with Gasteiger partial charge in [-0.25, -0.2) is 4.98 Å². The Kier molecular flexibility index (Phi) is 6.95. The number of anilines is 1. The zero-order chi connectivity index (χ0) is 23.2. The van der Waals surface area contributed by atoms with E-state index >= 15 is 0 Å². The lowest BCUT2D eigenvalue weighted by Gasteiger charge is -2.14. The number of methoxy groups -OCH3 is 2. The Morgan fingerprint density at radius 2 is 1.76 bits per heavy atom. The van der Waals surface area contributed by atoms with E-state index in [9.17, 15) is 9.59 Å². The van der Waals surface area contributed by atoms with Crippen LogP contribution in [0.25, 0.3) is 10.9 Å². The van der Waals surface area contributed by atoms with E-state index in [0.717, 1.165) is 5.56 Å². The molecule has 0 spiro atoms. The zero-order valence-electron chi connectivity index (χ0n) is 18.3. The van der Waals surface area contributed by atoms with Gasteiger partial charge < -0.3 is 14.8 Å². The molecule has 33 heavy (non-hydrogen) atoms. The third-order valence-electron chi connectivity index (χ3n) is 5.03. The van der Waals surface area contributed by atoms with Crippen LogP contribution in [0.15, 0.2) is 82.7 Å². The molecule has 4 aromatic rings. The molecule has 1 aromatic heterocycles. The third kappa shape index (κ3) is 5.18. The molecule has 3 aromatic carbocycles. The largest absolute Gasteiger partial charge is 0.497 e. The van der Waals surface area contributed by atoms with Crippen molar-refractivity contribution in [2.75, 3.05) is 25.3 Å². The summed E-state index contributed by atoms with van der Waals surface area (Å²) < 4.78 is 12.1. The van der Waals surface area contributed by atoms with E-state index in [1.165, 1.54) is 18.9 Å². The SMILES string of the molecule is COc1ccc(NC(=O)CSc2nc3ccccc3c(=O)n2Cc2ccccc2)c(OC)c1. The summed E-state index contributed by atoms with van der Waals surface area (Å²) in [6.45, 7) is 0.369. The van der Waals surface area contributed by atoms with E-state index in [1.54, 1.807) is 42.0 Å². The lowest BCUT2D eigenvalue weighted by molar-refractivity contribution is -0.113. The summed E-state index contributed by atoms with van der Waals surface area (Å²) in [6, 6.07) is 22.1. The quantitative estimate of drug-likeness (QED) is 0.313. The maximum atomic E-state index is 13.2. The first-order valence-electron chi connectivity index (χ1n) is 10.3. The van der Waals surface area contributed by atoms with Gasteiger partial charge in [-0.05, 0) is 29.8 Å². The minimum Gasteiger partial charge on any atom is -0.497 e. The summed E-state index contributed by atoms with van der Waals surface area (Å²) in [4.78, 5) is 30.6. The van der Waals surface area contributed by atoms with Crippen molar-refractivity contribution in [2.24, 2.45) is 0 Å². The van der Waals surface area contributed by atoms with Gasteiger partial charge in [0.25, 0.3) is 5.56 Å². The van der Waals surface area contributed by atoms with E-state index in [1.807, 2.05) is 42.5 Å². The molecule has 0 saturated carbocycles. The van der Waals surface area contributed by atoms with Crippen molar-refractivity contribution in [1.82, 2.24) is 9.55 Å². The number of rotatable bonds is 8. The van der Waals surface area contributed by atoms with Crippen molar-refractivity contribution >= 4 is 34.3 Å². The van der Waals surface area contributed by atoms with E-state index in [-0.39, 0.29) is 17.2 Å². The van der Waals surface area contributed by atoms with E-state index in [4.69, 9.17) is 9.47 Å². The van der Waals surface area contributed by atoms with Gasteiger partial charge in [-0.3, -0.25) is 14.2 Å². The number of hydrogen-bond donors (Lipinski definition) is 1. The molecule has 7 nitrogen and oxygen atoms in total. The second-order valence-electron chi connectivity index (χ2n) is 7.19. The van der Waals surface area contributed by atoms with Crippen molar-refractivity contribution in [3.05, 3.63) is 88.7 Å². The average Bonchev–Trinajstić information content (AvgIpc) is 2.85. The Balaban J connectivity index is 1.58. The lowest BCUT2D eigenvalue weighted by Crippen LogP contribution is -2.25. The number of amides is 1. The summed E-state index contributed by atoms with van der Waals surface area (Å²) in [5, 5.41) is 3.88. The van der Waals surface area contributed by atoms with Gasteiger partial charge in [0, 0.05) is 6.07 Å². The zero-order valence-corrected chi connectivity index (χ0v) is 19.1. The topological polar surface area (TPSA) is 82.5 Å². The molecule has 0 bridgehead atoms. The Morgan fingerprint density at radius 3 is 2.52 bits per heavy atom. The summed E-state index contributed by atoms with van der Waals surface area (Å²) in [5.41, 5.74) is 1.98. The van der Waals surface area contributed by atoms with Crippen LogP contribution in [0.4, 0.5) is 5.69 Å². The highest BCUT2D eigenvalue weighted by atomic mass is 32.2. The predicted octanol–water partition coefficient (Wildman–Crippen LogP) is 4.19. The molecule has 8 heteroatoms. The Morgan fingerprint density at radius 1 is 1.00 bits per heavy atom. The number of ether oxygens (including phenoxy) is 2. The number of nitrogens with zero attached hydrogens (tertiary/aromatic N) is 2. The Hall–Kier alpha value is -3.78. The number of hydrogen-bond acceptors (Lipinski definition) is 6. The van der Waals surface area contributed by atoms with Gasteiger partial charge >= 0.3 is 0 Å². The van der Waals surface area contributed by atoms with Crippen molar-refractivity contribution in [1.29, 1.82) is 0 Å². The number of para-hydroxylation sites is 1. The number of fused-ring (bicyclic) bond motifs is 1. The van der Waals surface area contributed by atoms with Gasteiger partial charge in [0.2, 0.25) is 5.91 Å². The maximum Gasteiger partial charge on any atom is 0.262 e. The highest BCUT2D eigenvalue weighted by Crippen LogP contribution is 2.29. The first-order chi connectivity index (χ1) is 16.1.